The van der Waals surface area contributed by atoms with E-state index >= 15 is 0 Å². The maximum Gasteiger partial charge on any atom is 0.316 e. The highest BCUT2D eigenvalue weighted by molar-refractivity contribution is 5.73. The number of pyridine rings is 1. The molecule has 19 heavy (non-hydrogen) atoms. The second kappa shape index (κ2) is 6.53. The van der Waals surface area contributed by atoms with Crippen molar-refractivity contribution >= 4 is 17.5 Å². The summed E-state index contributed by atoms with van der Waals surface area (Å²) in [6.07, 6.45) is 1.22. The van der Waals surface area contributed by atoms with Gasteiger partial charge in [0, 0.05) is 32.7 Å². The van der Waals surface area contributed by atoms with Crippen molar-refractivity contribution in [2.45, 2.75) is 6.92 Å². The van der Waals surface area contributed by atoms with Crippen LogP contribution >= 0.6 is 0 Å². The zero-order valence-electron chi connectivity index (χ0n) is 11.1. The number of nitrogens with zero attached hydrogens (tertiary/aromatic N) is 3. The Hall–Kier alpha value is -2.38. The number of rotatable bonds is 5. The summed E-state index contributed by atoms with van der Waals surface area (Å²) in [5, 5.41) is 16.3. The van der Waals surface area contributed by atoms with Gasteiger partial charge in [0.2, 0.25) is 0 Å². The Morgan fingerprint density at radius 2 is 2.16 bits per heavy atom. The van der Waals surface area contributed by atoms with E-state index in [2.05, 4.69) is 15.6 Å². The first-order valence-electron chi connectivity index (χ1n) is 5.72. The lowest BCUT2D eigenvalue weighted by Crippen LogP contribution is -2.37. The van der Waals surface area contributed by atoms with Gasteiger partial charge >= 0.3 is 6.03 Å². The van der Waals surface area contributed by atoms with Gasteiger partial charge < -0.3 is 15.5 Å². The molecule has 0 aliphatic heterocycles. The minimum absolute atomic E-state index is 0.00791. The van der Waals surface area contributed by atoms with E-state index in [1.54, 1.807) is 27.1 Å². The van der Waals surface area contributed by atoms with Crippen LogP contribution in [0.2, 0.25) is 0 Å². The number of aromatic nitrogens is 1. The first kappa shape index (κ1) is 14.7. The van der Waals surface area contributed by atoms with Crippen LogP contribution in [0.4, 0.5) is 16.3 Å². The minimum Gasteiger partial charge on any atom is -0.368 e. The van der Waals surface area contributed by atoms with Crippen molar-refractivity contribution in [2.75, 3.05) is 32.5 Å². The lowest BCUT2D eigenvalue weighted by atomic mass is 10.2. The SMILES string of the molecule is Cc1cc(NCCNC(=O)N(C)C)ncc1[N+](=O)[O-]. The molecule has 1 aromatic rings. The molecule has 8 heteroatoms. The molecule has 2 N–H and O–H groups in total. The Kier molecular flexibility index (Phi) is 5.04. The van der Waals surface area contributed by atoms with Crippen molar-refractivity contribution < 1.29 is 9.72 Å². The van der Waals surface area contributed by atoms with E-state index in [4.69, 9.17) is 0 Å². The maximum absolute atomic E-state index is 11.2. The Morgan fingerprint density at radius 3 is 2.68 bits per heavy atom. The molecule has 0 aliphatic rings. The van der Waals surface area contributed by atoms with Crippen LogP contribution in [0, 0.1) is 17.0 Å². The summed E-state index contributed by atoms with van der Waals surface area (Å²) in [5.74, 6) is 0.544. The predicted molar refractivity (Wildman–Crippen MR) is 71.2 cm³/mol. The molecular weight excluding hydrogens is 250 g/mol. The summed E-state index contributed by atoms with van der Waals surface area (Å²) in [6, 6.07) is 1.43. The van der Waals surface area contributed by atoms with Gasteiger partial charge in [0.05, 0.1) is 4.92 Å². The molecule has 0 radical (unpaired) electrons. The van der Waals surface area contributed by atoms with E-state index in [9.17, 15) is 14.9 Å². The monoisotopic (exact) mass is 267 g/mol. The summed E-state index contributed by atoms with van der Waals surface area (Å²) in [7, 11) is 3.31. The Labute approximate surface area is 111 Å². The van der Waals surface area contributed by atoms with Gasteiger partial charge in [-0.25, -0.2) is 9.78 Å². The lowest BCUT2D eigenvalue weighted by Gasteiger charge is -2.12. The molecule has 8 nitrogen and oxygen atoms in total. The molecule has 0 saturated carbocycles. The van der Waals surface area contributed by atoms with Crippen LogP contribution in [0.25, 0.3) is 0 Å². The van der Waals surface area contributed by atoms with Gasteiger partial charge in [0.1, 0.15) is 12.0 Å². The quantitative estimate of drug-likeness (QED) is 0.470. The van der Waals surface area contributed by atoms with E-state index in [1.807, 2.05) is 0 Å². The topological polar surface area (TPSA) is 100 Å². The summed E-state index contributed by atoms with van der Waals surface area (Å²) < 4.78 is 0. The standard InChI is InChI=1S/C11H17N5O3/c1-8-6-10(14-7-9(8)16(18)19)12-4-5-13-11(17)15(2)3/h6-7H,4-5H2,1-3H3,(H,12,14)(H,13,17). The van der Waals surface area contributed by atoms with Crippen LogP contribution < -0.4 is 10.6 Å². The normalized spacial score (nSPS) is 9.84. The first-order chi connectivity index (χ1) is 8.91. The molecule has 0 saturated heterocycles. The molecular formula is C11H17N5O3. The van der Waals surface area contributed by atoms with Crippen molar-refractivity contribution in [3.8, 4) is 0 Å². The molecule has 1 heterocycles. The fourth-order valence-corrected chi connectivity index (χ4v) is 1.35. The second-order valence-electron chi connectivity index (χ2n) is 4.17. The number of hydrogen-bond acceptors (Lipinski definition) is 5. The maximum atomic E-state index is 11.2. The number of carbonyl (C=O) groups excluding carboxylic acids is 1. The average molecular weight is 267 g/mol. The Bertz CT molecular complexity index is 475. The molecule has 2 amide bonds. The van der Waals surface area contributed by atoms with Crippen LogP contribution in [0.15, 0.2) is 12.3 Å². The molecule has 0 aliphatic carbocycles. The molecule has 0 atom stereocenters. The van der Waals surface area contributed by atoms with Gasteiger partial charge in [0.15, 0.2) is 0 Å². The number of urea groups is 1. The summed E-state index contributed by atoms with van der Waals surface area (Å²) in [5.41, 5.74) is 0.534. The van der Waals surface area contributed by atoms with Gasteiger partial charge in [-0.2, -0.15) is 0 Å². The van der Waals surface area contributed by atoms with E-state index in [1.165, 1.54) is 11.1 Å². The van der Waals surface area contributed by atoms with Gasteiger partial charge in [0.25, 0.3) is 5.69 Å². The summed E-state index contributed by atoms with van der Waals surface area (Å²) in [6.45, 7) is 2.58. The van der Waals surface area contributed by atoms with Crippen molar-refractivity contribution in [1.82, 2.24) is 15.2 Å². The highest BCUT2D eigenvalue weighted by atomic mass is 16.6. The zero-order chi connectivity index (χ0) is 14.4. The van der Waals surface area contributed by atoms with Crippen LogP contribution in [0.3, 0.4) is 0 Å². The number of amides is 2. The lowest BCUT2D eigenvalue weighted by molar-refractivity contribution is -0.385. The number of nitro groups is 1. The van der Waals surface area contributed by atoms with Gasteiger partial charge in [-0.1, -0.05) is 0 Å². The molecule has 0 spiro atoms. The van der Waals surface area contributed by atoms with Crippen LogP contribution in [-0.2, 0) is 0 Å². The molecule has 104 valence electrons. The average Bonchev–Trinajstić information content (AvgIpc) is 2.33. The highest BCUT2D eigenvalue weighted by Crippen LogP contribution is 2.18. The van der Waals surface area contributed by atoms with Crippen molar-refractivity contribution in [3.63, 3.8) is 0 Å². The van der Waals surface area contributed by atoms with E-state index < -0.39 is 4.92 Å². The molecule has 1 aromatic heterocycles. The first-order valence-corrected chi connectivity index (χ1v) is 5.72. The fraction of sp³-hybridized carbons (Fsp3) is 0.455. The number of anilines is 1. The minimum atomic E-state index is -0.469. The summed E-state index contributed by atoms with van der Waals surface area (Å²) >= 11 is 0. The Morgan fingerprint density at radius 1 is 1.47 bits per heavy atom. The Balaban J connectivity index is 2.44. The molecule has 0 bridgehead atoms. The summed E-state index contributed by atoms with van der Waals surface area (Å²) in [4.78, 5) is 26.8. The fourth-order valence-electron chi connectivity index (χ4n) is 1.35. The third kappa shape index (κ3) is 4.41. The van der Waals surface area contributed by atoms with Gasteiger partial charge in [-0.05, 0) is 13.0 Å². The number of hydrogen-bond donors (Lipinski definition) is 2. The van der Waals surface area contributed by atoms with E-state index in [0.717, 1.165) is 0 Å². The van der Waals surface area contributed by atoms with Crippen LogP contribution in [0.1, 0.15) is 5.56 Å². The largest absolute Gasteiger partial charge is 0.368 e. The predicted octanol–water partition coefficient (Wildman–Crippen LogP) is 0.981. The van der Waals surface area contributed by atoms with E-state index in [0.29, 0.717) is 24.5 Å². The molecule has 0 unspecified atom stereocenters. The number of nitrogens with one attached hydrogen (secondary N) is 2. The van der Waals surface area contributed by atoms with Crippen molar-refractivity contribution in [1.29, 1.82) is 0 Å². The molecule has 0 fully saturated rings. The second-order valence-corrected chi connectivity index (χ2v) is 4.17. The van der Waals surface area contributed by atoms with Crippen molar-refractivity contribution in [2.24, 2.45) is 0 Å². The van der Waals surface area contributed by atoms with Gasteiger partial charge in [-0.15, -0.1) is 0 Å². The molecule has 0 aromatic carbocycles. The number of carbonyl (C=O) groups is 1. The third-order valence-corrected chi connectivity index (χ3v) is 2.39. The highest BCUT2D eigenvalue weighted by Gasteiger charge is 2.11. The third-order valence-electron chi connectivity index (χ3n) is 2.39. The van der Waals surface area contributed by atoms with Gasteiger partial charge in [-0.3, -0.25) is 10.1 Å². The number of aryl methyl sites for hydroxylation is 1. The smallest absolute Gasteiger partial charge is 0.316 e. The molecule has 1 rings (SSSR count). The van der Waals surface area contributed by atoms with Crippen molar-refractivity contribution in [3.05, 3.63) is 27.9 Å². The van der Waals surface area contributed by atoms with Crippen LogP contribution in [-0.4, -0.2) is 48.0 Å². The van der Waals surface area contributed by atoms with E-state index in [-0.39, 0.29) is 11.7 Å². The van der Waals surface area contributed by atoms with Crippen LogP contribution in [0.5, 0.6) is 0 Å². The zero-order valence-corrected chi connectivity index (χ0v) is 11.1.